The van der Waals surface area contributed by atoms with E-state index >= 15 is 0 Å². The van der Waals surface area contributed by atoms with Gasteiger partial charge in [-0.3, -0.25) is 4.79 Å². The number of carbonyl (C=O) groups excluding carboxylic acids is 1. The molecule has 0 aliphatic carbocycles. The number of hydrogen-bond acceptors (Lipinski definition) is 2. The molecule has 0 amide bonds. The molecule has 0 radical (unpaired) electrons. The molecule has 0 fully saturated rings. The van der Waals surface area contributed by atoms with Gasteiger partial charge in [0.05, 0.1) is 0 Å². The molecule has 0 spiro atoms. The summed E-state index contributed by atoms with van der Waals surface area (Å²) in [5.41, 5.74) is 1.32. The van der Waals surface area contributed by atoms with E-state index in [9.17, 15) is 4.79 Å². The molecule has 1 aromatic carbocycles. The Balaban J connectivity index is 2.04. The lowest BCUT2D eigenvalue weighted by atomic mass is 10.0. The first-order valence-corrected chi connectivity index (χ1v) is 7.56. The lowest BCUT2D eigenvalue weighted by molar-refractivity contribution is -0.120. The smallest absolute Gasteiger partial charge is 0.298 e. The Morgan fingerprint density at radius 1 is 0.895 bits per heavy atom. The third-order valence-corrected chi connectivity index (χ3v) is 3.43. The van der Waals surface area contributed by atoms with Gasteiger partial charge in [0.1, 0.15) is 5.75 Å². The van der Waals surface area contributed by atoms with Gasteiger partial charge in [-0.05, 0) is 30.5 Å². The van der Waals surface area contributed by atoms with E-state index < -0.39 is 0 Å². The van der Waals surface area contributed by atoms with Crippen molar-refractivity contribution in [1.82, 2.24) is 0 Å². The molecule has 0 saturated heterocycles. The van der Waals surface area contributed by atoms with Crippen molar-refractivity contribution in [2.75, 3.05) is 0 Å². The zero-order chi connectivity index (χ0) is 13.8. The molecule has 1 rings (SSSR count). The summed E-state index contributed by atoms with van der Waals surface area (Å²) in [4.78, 5) is 10.2. The Labute approximate surface area is 117 Å². The van der Waals surface area contributed by atoms with Crippen molar-refractivity contribution in [2.45, 2.75) is 64.7 Å². The van der Waals surface area contributed by atoms with E-state index in [1.54, 1.807) is 0 Å². The second-order valence-corrected chi connectivity index (χ2v) is 5.08. The summed E-state index contributed by atoms with van der Waals surface area (Å²) < 4.78 is 4.77. The van der Waals surface area contributed by atoms with Crippen LogP contribution in [0.15, 0.2) is 24.3 Å². The van der Waals surface area contributed by atoms with E-state index in [1.165, 1.54) is 56.9 Å². The van der Waals surface area contributed by atoms with E-state index in [4.69, 9.17) is 4.74 Å². The minimum absolute atomic E-state index is 0.466. The van der Waals surface area contributed by atoms with E-state index in [1.807, 2.05) is 24.3 Å². The molecule has 0 aromatic heterocycles. The summed E-state index contributed by atoms with van der Waals surface area (Å²) in [6.07, 6.45) is 11.9. The standard InChI is InChI=1S/C17H26O2/c1-2-3-4-5-6-7-8-9-10-16-11-13-17(14-12-16)19-15-18/h11-15H,2-10H2,1H3. The number of hydrogen-bond donors (Lipinski definition) is 0. The molecule has 0 saturated carbocycles. The van der Waals surface area contributed by atoms with Crippen LogP contribution in [0.1, 0.15) is 63.9 Å². The molecule has 2 heteroatoms. The first-order chi connectivity index (χ1) is 9.36. The maximum atomic E-state index is 10.2. The van der Waals surface area contributed by atoms with Crippen molar-refractivity contribution in [3.8, 4) is 5.75 Å². The highest BCUT2D eigenvalue weighted by Gasteiger charge is 1.96. The molecular weight excluding hydrogens is 236 g/mol. The first-order valence-electron chi connectivity index (χ1n) is 7.56. The van der Waals surface area contributed by atoms with Gasteiger partial charge in [0, 0.05) is 0 Å². The molecule has 106 valence electrons. The van der Waals surface area contributed by atoms with Crippen LogP contribution < -0.4 is 4.74 Å². The quantitative estimate of drug-likeness (QED) is 0.418. The molecule has 0 atom stereocenters. The maximum Gasteiger partial charge on any atom is 0.298 e. The Hall–Kier alpha value is -1.31. The summed E-state index contributed by atoms with van der Waals surface area (Å²) in [7, 11) is 0. The molecule has 0 heterocycles. The highest BCUT2D eigenvalue weighted by Crippen LogP contribution is 2.14. The minimum Gasteiger partial charge on any atom is -0.429 e. The molecule has 19 heavy (non-hydrogen) atoms. The van der Waals surface area contributed by atoms with Gasteiger partial charge in [-0.15, -0.1) is 0 Å². The number of ether oxygens (including phenoxy) is 1. The van der Waals surface area contributed by atoms with Crippen LogP contribution in [0.25, 0.3) is 0 Å². The SMILES string of the molecule is CCCCCCCCCCc1ccc(OC=O)cc1. The van der Waals surface area contributed by atoms with Gasteiger partial charge in [0.25, 0.3) is 6.47 Å². The van der Waals surface area contributed by atoms with E-state index in [2.05, 4.69) is 6.92 Å². The largest absolute Gasteiger partial charge is 0.429 e. The lowest BCUT2D eigenvalue weighted by Gasteiger charge is -2.03. The van der Waals surface area contributed by atoms with Gasteiger partial charge in [-0.1, -0.05) is 64.0 Å². The average molecular weight is 262 g/mol. The molecule has 0 N–H and O–H groups in total. The number of rotatable bonds is 11. The third-order valence-electron chi connectivity index (χ3n) is 3.43. The number of aryl methyl sites for hydroxylation is 1. The normalized spacial score (nSPS) is 10.4. The van der Waals surface area contributed by atoms with Crippen molar-refractivity contribution in [3.05, 3.63) is 29.8 Å². The zero-order valence-electron chi connectivity index (χ0n) is 12.1. The first kappa shape index (κ1) is 15.7. The molecule has 2 nitrogen and oxygen atoms in total. The second-order valence-electron chi connectivity index (χ2n) is 5.08. The van der Waals surface area contributed by atoms with Crippen LogP contribution in [0.3, 0.4) is 0 Å². The van der Waals surface area contributed by atoms with Crippen molar-refractivity contribution in [1.29, 1.82) is 0 Å². The fourth-order valence-corrected chi connectivity index (χ4v) is 2.25. The van der Waals surface area contributed by atoms with Crippen LogP contribution in [-0.4, -0.2) is 6.47 Å². The molecule has 0 aliphatic rings. The van der Waals surface area contributed by atoms with Gasteiger partial charge in [-0.25, -0.2) is 0 Å². The van der Waals surface area contributed by atoms with E-state index in [0.717, 1.165) is 6.42 Å². The third kappa shape index (κ3) is 7.66. The van der Waals surface area contributed by atoms with Gasteiger partial charge in [0.15, 0.2) is 0 Å². The van der Waals surface area contributed by atoms with Gasteiger partial charge in [-0.2, -0.15) is 0 Å². The number of benzene rings is 1. The van der Waals surface area contributed by atoms with Gasteiger partial charge >= 0.3 is 0 Å². The predicted molar refractivity (Wildman–Crippen MR) is 79.4 cm³/mol. The van der Waals surface area contributed by atoms with Crippen LogP contribution in [0.5, 0.6) is 5.75 Å². The number of carbonyl (C=O) groups is 1. The highest BCUT2D eigenvalue weighted by atomic mass is 16.5. The maximum absolute atomic E-state index is 10.2. The molecule has 0 aliphatic heterocycles. The summed E-state index contributed by atoms with van der Waals surface area (Å²) in [6, 6.07) is 7.79. The molecule has 0 bridgehead atoms. The lowest BCUT2D eigenvalue weighted by Crippen LogP contribution is -1.90. The summed E-state index contributed by atoms with van der Waals surface area (Å²) >= 11 is 0. The van der Waals surface area contributed by atoms with Crippen molar-refractivity contribution >= 4 is 6.47 Å². The minimum atomic E-state index is 0.466. The molecular formula is C17H26O2. The van der Waals surface area contributed by atoms with Crippen LogP contribution in [0.4, 0.5) is 0 Å². The number of unbranched alkanes of at least 4 members (excludes halogenated alkanes) is 7. The Morgan fingerprint density at radius 3 is 2.05 bits per heavy atom. The van der Waals surface area contributed by atoms with Gasteiger partial charge < -0.3 is 4.74 Å². The average Bonchev–Trinajstić information content (AvgIpc) is 2.44. The van der Waals surface area contributed by atoms with E-state index in [-0.39, 0.29) is 0 Å². The Morgan fingerprint density at radius 2 is 1.47 bits per heavy atom. The van der Waals surface area contributed by atoms with Gasteiger partial charge in [0.2, 0.25) is 0 Å². The zero-order valence-corrected chi connectivity index (χ0v) is 12.1. The molecule has 0 unspecified atom stereocenters. The Kier molecular flexibility index (Phi) is 8.78. The summed E-state index contributed by atoms with van der Waals surface area (Å²) in [5, 5.41) is 0. The van der Waals surface area contributed by atoms with Crippen molar-refractivity contribution < 1.29 is 9.53 Å². The second kappa shape index (κ2) is 10.6. The van der Waals surface area contributed by atoms with Crippen LogP contribution in [0.2, 0.25) is 0 Å². The summed E-state index contributed by atoms with van der Waals surface area (Å²) in [5.74, 6) is 0.620. The Bertz CT molecular complexity index is 330. The fraction of sp³-hybridized carbons (Fsp3) is 0.588. The van der Waals surface area contributed by atoms with Crippen molar-refractivity contribution in [3.63, 3.8) is 0 Å². The fourth-order valence-electron chi connectivity index (χ4n) is 2.25. The molecule has 1 aromatic rings. The van der Waals surface area contributed by atoms with Crippen LogP contribution in [-0.2, 0) is 11.2 Å². The highest BCUT2D eigenvalue weighted by molar-refractivity contribution is 5.45. The van der Waals surface area contributed by atoms with Crippen molar-refractivity contribution in [2.24, 2.45) is 0 Å². The van der Waals surface area contributed by atoms with Crippen LogP contribution >= 0.6 is 0 Å². The monoisotopic (exact) mass is 262 g/mol. The van der Waals surface area contributed by atoms with E-state index in [0.29, 0.717) is 12.2 Å². The summed E-state index contributed by atoms with van der Waals surface area (Å²) in [6.45, 7) is 2.72. The predicted octanol–water partition coefficient (Wildman–Crippen LogP) is 4.91. The topological polar surface area (TPSA) is 26.3 Å². The van der Waals surface area contributed by atoms with Crippen LogP contribution in [0, 0.1) is 0 Å².